The highest BCUT2D eigenvalue weighted by atomic mass is 32.2. The van der Waals surface area contributed by atoms with Gasteiger partial charge >= 0.3 is 0 Å². The summed E-state index contributed by atoms with van der Waals surface area (Å²) in [6, 6.07) is 8.61. The molecule has 1 amide bonds. The fraction of sp³-hybridized carbons (Fsp3) is 0.533. The number of nitrogens with two attached hydrogens (primary N) is 1. The normalized spacial score (nSPS) is 19.5. The highest BCUT2D eigenvalue weighted by Gasteiger charge is 2.20. The number of aryl methyl sites for hydroxylation is 1. The van der Waals surface area contributed by atoms with Gasteiger partial charge in [-0.25, -0.2) is 0 Å². The van der Waals surface area contributed by atoms with Gasteiger partial charge in [-0.1, -0.05) is 29.8 Å². The molecule has 2 N–H and O–H groups in total. The molecule has 2 rings (SSSR count). The highest BCUT2D eigenvalue weighted by molar-refractivity contribution is 7.99. The summed E-state index contributed by atoms with van der Waals surface area (Å²) in [5.74, 6) is 1.68. The van der Waals surface area contributed by atoms with Crippen molar-refractivity contribution < 1.29 is 4.79 Å². The van der Waals surface area contributed by atoms with Crippen LogP contribution < -0.4 is 5.73 Å². The first-order valence-electron chi connectivity index (χ1n) is 6.82. The van der Waals surface area contributed by atoms with Crippen LogP contribution in [0, 0.1) is 6.92 Å². The minimum absolute atomic E-state index is 0.166. The molecule has 1 fully saturated rings. The molecule has 19 heavy (non-hydrogen) atoms. The van der Waals surface area contributed by atoms with Gasteiger partial charge in [0.15, 0.2) is 0 Å². The molecule has 1 aliphatic rings. The number of hydrogen-bond acceptors (Lipinski definition) is 3. The van der Waals surface area contributed by atoms with Crippen LogP contribution in [0.3, 0.4) is 0 Å². The van der Waals surface area contributed by atoms with Gasteiger partial charge in [0, 0.05) is 24.9 Å². The molecule has 1 aromatic rings. The molecule has 1 aromatic carbocycles. The Kier molecular flexibility index (Phi) is 5.28. The van der Waals surface area contributed by atoms with E-state index in [9.17, 15) is 4.79 Å². The maximum atomic E-state index is 12.1. The SMILES string of the molecule is Cc1cccc(CSCC(=O)N2CCCC(N)C2)c1. The maximum Gasteiger partial charge on any atom is 0.232 e. The van der Waals surface area contributed by atoms with Crippen LogP contribution in [0.4, 0.5) is 0 Å². The van der Waals surface area contributed by atoms with Gasteiger partial charge in [0.05, 0.1) is 5.75 Å². The van der Waals surface area contributed by atoms with E-state index < -0.39 is 0 Å². The number of piperidine rings is 1. The number of likely N-dealkylation sites (tertiary alicyclic amines) is 1. The Morgan fingerprint density at radius 1 is 1.53 bits per heavy atom. The molecule has 1 unspecified atom stereocenters. The zero-order chi connectivity index (χ0) is 13.7. The molecule has 0 aromatic heterocycles. The van der Waals surface area contributed by atoms with Crippen molar-refractivity contribution in [2.75, 3.05) is 18.8 Å². The third kappa shape index (κ3) is 4.55. The van der Waals surface area contributed by atoms with Crippen LogP contribution in [0.2, 0.25) is 0 Å². The van der Waals surface area contributed by atoms with Crippen LogP contribution in [-0.4, -0.2) is 35.7 Å². The van der Waals surface area contributed by atoms with Gasteiger partial charge in [0.25, 0.3) is 0 Å². The largest absolute Gasteiger partial charge is 0.340 e. The van der Waals surface area contributed by atoms with Crippen molar-refractivity contribution in [2.24, 2.45) is 5.73 Å². The van der Waals surface area contributed by atoms with Crippen molar-refractivity contribution >= 4 is 17.7 Å². The van der Waals surface area contributed by atoms with E-state index in [0.717, 1.165) is 31.7 Å². The van der Waals surface area contributed by atoms with Crippen LogP contribution in [0.15, 0.2) is 24.3 Å². The highest BCUT2D eigenvalue weighted by Crippen LogP contribution is 2.15. The minimum Gasteiger partial charge on any atom is -0.340 e. The van der Waals surface area contributed by atoms with E-state index in [1.54, 1.807) is 11.8 Å². The lowest BCUT2D eigenvalue weighted by Crippen LogP contribution is -2.46. The Labute approximate surface area is 119 Å². The topological polar surface area (TPSA) is 46.3 Å². The summed E-state index contributed by atoms with van der Waals surface area (Å²) in [5, 5.41) is 0. The fourth-order valence-electron chi connectivity index (χ4n) is 2.39. The zero-order valence-corrected chi connectivity index (χ0v) is 12.3. The van der Waals surface area contributed by atoms with Crippen molar-refractivity contribution in [3.63, 3.8) is 0 Å². The molecule has 104 valence electrons. The quantitative estimate of drug-likeness (QED) is 0.918. The first kappa shape index (κ1) is 14.4. The van der Waals surface area contributed by atoms with E-state index in [2.05, 4.69) is 31.2 Å². The summed E-state index contributed by atoms with van der Waals surface area (Å²) in [5.41, 5.74) is 8.45. The van der Waals surface area contributed by atoms with Crippen molar-refractivity contribution in [3.05, 3.63) is 35.4 Å². The monoisotopic (exact) mass is 278 g/mol. The molecule has 4 heteroatoms. The number of nitrogens with zero attached hydrogens (tertiary/aromatic N) is 1. The molecule has 3 nitrogen and oxygen atoms in total. The average Bonchev–Trinajstić information content (AvgIpc) is 2.38. The van der Waals surface area contributed by atoms with Gasteiger partial charge in [-0.2, -0.15) is 0 Å². The van der Waals surface area contributed by atoms with Crippen LogP contribution >= 0.6 is 11.8 Å². The number of benzene rings is 1. The summed E-state index contributed by atoms with van der Waals surface area (Å²) in [7, 11) is 0. The fourth-order valence-corrected chi connectivity index (χ4v) is 3.26. The lowest BCUT2D eigenvalue weighted by Gasteiger charge is -2.30. The van der Waals surface area contributed by atoms with Crippen molar-refractivity contribution in [1.29, 1.82) is 0 Å². The summed E-state index contributed by atoms with van der Waals surface area (Å²) >= 11 is 1.69. The van der Waals surface area contributed by atoms with Gasteiger partial charge in [-0.15, -0.1) is 11.8 Å². The number of thioether (sulfide) groups is 1. The summed E-state index contributed by atoms with van der Waals surface area (Å²) in [6.07, 6.45) is 2.08. The molecule has 0 bridgehead atoms. The third-order valence-corrected chi connectivity index (χ3v) is 4.38. The van der Waals surface area contributed by atoms with Crippen molar-refractivity contribution in [2.45, 2.75) is 31.6 Å². The van der Waals surface area contributed by atoms with E-state index in [-0.39, 0.29) is 11.9 Å². The first-order valence-corrected chi connectivity index (χ1v) is 7.97. The number of carbonyl (C=O) groups excluding carboxylic acids is 1. The van der Waals surface area contributed by atoms with E-state index in [1.807, 2.05) is 4.90 Å². The Balaban J connectivity index is 1.74. The second kappa shape index (κ2) is 6.96. The molecular weight excluding hydrogens is 256 g/mol. The molecule has 0 aliphatic carbocycles. The maximum absolute atomic E-state index is 12.1. The molecule has 1 aliphatic heterocycles. The van der Waals surface area contributed by atoms with Crippen molar-refractivity contribution in [1.82, 2.24) is 4.90 Å². The van der Waals surface area contributed by atoms with E-state index in [4.69, 9.17) is 5.73 Å². The number of carbonyl (C=O) groups is 1. The Morgan fingerprint density at radius 2 is 2.37 bits per heavy atom. The second-order valence-corrected chi connectivity index (χ2v) is 6.21. The van der Waals surface area contributed by atoms with Gasteiger partial charge in [-0.05, 0) is 25.3 Å². The van der Waals surface area contributed by atoms with Gasteiger partial charge in [0.2, 0.25) is 5.91 Å². The predicted molar refractivity (Wildman–Crippen MR) is 81.1 cm³/mol. The summed E-state index contributed by atoms with van der Waals surface area (Å²) < 4.78 is 0. The lowest BCUT2D eigenvalue weighted by atomic mass is 10.1. The van der Waals surface area contributed by atoms with E-state index in [1.165, 1.54) is 11.1 Å². The number of amides is 1. The number of hydrogen-bond donors (Lipinski definition) is 1. The van der Waals surface area contributed by atoms with E-state index in [0.29, 0.717) is 5.75 Å². The smallest absolute Gasteiger partial charge is 0.232 e. The van der Waals surface area contributed by atoms with Crippen molar-refractivity contribution in [3.8, 4) is 0 Å². The van der Waals surface area contributed by atoms with Crippen LogP contribution in [0.25, 0.3) is 0 Å². The molecule has 1 atom stereocenters. The standard InChI is InChI=1S/C15H22N2OS/c1-12-4-2-5-13(8-12)10-19-11-15(18)17-7-3-6-14(16)9-17/h2,4-5,8,14H,3,6-7,9-11,16H2,1H3. The summed E-state index contributed by atoms with van der Waals surface area (Å²) in [6.45, 7) is 3.69. The van der Waals surface area contributed by atoms with Crippen LogP contribution in [-0.2, 0) is 10.5 Å². The molecule has 0 saturated carbocycles. The lowest BCUT2D eigenvalue weighted by molar-refractivity contribution is -0.129. The predicted octanol–water partition coefficient (Wildman–Crippen LogP) is 2.18. The molecule has 0 radical (unpaired) electrons. The first-order chi connectivity index (χ1) is 9.15. The summed E-state index contributed by atoms with van der Waals surface area (Å²) in [4.78, 5) is 14.0. The van der Waals surface area contributed by atoms with Crippen LogP contribution in [0.1, 0.15) is 24.0 Å². The van der Waals surface area contributed by atoms with Gasteiger partial charge in [-0.3, -0.25) is 4.79 Å². The molecule has 0 spiro atoms. The molecular formula is C15H22N2OS. The Morgan fingerprint density at radius 3 is 3.11 bits per heavy atom. The van der Waals surface area contributed by atoms with Gasteiger partial charge in [0.1, 0.15) is 0 Å². The molecule has 1 heterocycles. The van der Waals surface area contributed by atoms with E-state index >= 15 is 0 Å². The average molecular weight is 278 g/mol. The Bertz CT molecular complexity index is 436. The minimum atomic E-state index is 0.166. The third-order valence-electron chi connectivity index (χ3n) is 3.39. The Hall–Kier alpha value is -1.00. The zero-order valence-electron chi connectivity index (χ0n) is 11.5. The second-order valence-electron chi connectivity index (χ2n) is 5.22. The number of rotatable bonds is 4. The molecule has 1 saturated heterocycles. The van der Waals surface area contributed by atoms with Crippen LogP contribution in [0.5, 0.6) is 0 Å². The van der Waals surface area contributed by atoms with Gasteiger partial charge < -0.3 is 10.6 Å².